The average molecular weight is 491 g/mol. The topological polar surface area (TPSA) is 166 Å². The van der Waals surface area contributed by atoms with Crippen LogP contribution >= 0.6 is 0 Å². The number of hydrogen-bond acceptors (Lipinski definition) is 10. The first kappa shape index (κ1) is 24.5. The van der Waals surface area contributed by atoms with E-state index in [4.69, 9.17) is 24.1 Å². The van der Waals surface area contributed by atoms with Gasteiger partial charge in [0.15, 0.2) is 5.82 Å². The summed E-state index contributed by atoms with van der Waals surface area (Å²) in [6.45, 7) is -0.687. The maximum Gasteiger partial charge on any atom is 0.374 e. The molecule has 34 heavy (non-hydrogen) atoms. The van der Waals surface area contributed by atoms with Gasteiger partial charge in [-0.25, -0.2) is 13.2 Å². The van der Waals surface area contributed by atoms with Crippen LogP contribution in [0.25, 0.3) is 0 Å². The number of carboxylic acids is 1. The van der Waals surface area contributed by atoms with Crippen LogP contribution in [0.15, 0.2) is 53.4 Å². The van der Waals surface area contributed by atoms with E-state index in [-0.39, 0.29) is 23.0 Å². The summed E-state index contributed by atoms with van der Waals surface area (Å²) in [5, 5.41) is 18.5. The lowest BCUT2D eigenvalue weighted by molar-refractivity contribution is 0.0681. The third-order valence-electron chi connectivity index (χ3n) is 4.22. The quantitative estimate of drug-likeness (QED) is 0.360. The zero-order valence-corrected chi connectivity index (χ0v) is 18.9. The number of nitrogens with zero attached hydrogens (tertiary/aromatic N) is 2. The first-order valence-corrected chi connectivity index (χ1v) is 11.1. The Kier molecular flexibility index (Phi) is 7.71. The van der Waals surface area contributed by atoms with Crippen LogP contribution in [0.1, 0.15) is 10.6 Å². The number of hydrogen-bond donors (Lipinski definition) is 3. The van der Waals surface area contributed by atoms with Crippen molar-refractivity contribution in [3.05, 3.63) is 54.4 Å². The van der Waals surface area contributed by atoms with Crippen LogP contribution in [0.2, 0.25) is 0 Å². The second-order valence-electron chi connectivity index (χ2n) is 6.47. The number of aliphatic hydroxyl groups excluding tert-OH is 1. The van der Waals surface area contributed by atoms with E-state index < -0.39 is 40.1 Å². The number of anilines is 1. The summed E-state index contributed by atoms with van der Waals surface area (Å²) in [5.74, 6) is -2.40. The van der Waals surface area contributed by atoms with Gasteiger partial charge in [0, 0.05) is 6.07 Å². The molecule has 0 atom stereocenters. The van der Waals surface area contributed by atoms with Gasteiger partial charge in [-0.15, -0.1) is 0 Å². The molecule has 3 N–H and O–H groups in total. The smallest absolute Gasteiger partial charge is 0.374 e. The third kappa shape index (κ3) is 5.82. The fraction of sp³-hybridized carbons (Fsp3) is 0.190. The number of sulfonamides is 1. The number of nitrogens with one attached hydrogen (secondary N) is 1. The second kappa shape index (κ2) is 10.7. The molecule has 0 spiro atoms. The second-order valence-corrected chi connectivity index (χ2v) is 8.15. The van der Waals surface area contributed by atoms with Crippen molar-refractivity contribution in [1.29, 1.82) is 0 Å². The molecule has 13 heteroatoms. The number of ether oxygens (including phenoxy) is 4. The summed E-state index contributed by atoms with van der Waals surface area (Å²) in [4.78, 5) is 19.0. The average Bonchev–Trinajstić information content (AvgIpc) is 2.83. The van der Waals surface area contributed by atoms with E-state index in [2.05, 4.69) is 14.7 Å². The van der Waals surface area contributed by atoms with Crippen molar-refractivity contribution in [3.8, 4) is 28.9 Å². The molecule has 3 aromatic rings. The van der Waals surface area contributed by atoms with Gasteiger partial charge in [-0.05, 0) is 36.4 Å². The number of methoxy groups -OCH3 is 2. The highest BCUT2D eigenvalue weighted by Crippen LogP contribution is 2.38. The summed E-state index contributed by atoms with van der Waals surface area (Å²) in [6.07, 6.45) is 0. The van der Waals surface area contributed by atoms with Crippen molar-refractivity contribution in [1.82, 2.24) is 9.97 Å². The molecular formula is C21H21N3O9S. The maximum absolute atomic E-state index is 13.0. The normalized spacial score (nSPS) is 10.9. The monoisotopic (exact) mass is 491 g/mol. The molecule has 0 aliphatic heterocycles. The van der Waals surface area contributed by atoms with Crippen LogP contribution in [-0.4, -0.2) is 62.0 Å². The van der Waals surface area contributed by atoms with Crippen molar-refractivity contribution in [2.45, 2.75) is 4.90 Å². The number of rotatable bonds is 11. The summed E-state index contributed by atoms with van der Waals surface area (Å²) in [6, 6.07) is 11.8. The molecule has 0 aliphatic rings. The minimum Gasteiger partial charge on any atom is -0.497 e. The Morgan fingerprint density at radius 2 is 1.68 bits per heavy atom. The van der Waals surface area contributed by atoms with Crippen LogP contribution in [-0.2, 0) is 10.0 Å². The van der Waals surface area contributed by atoms with Gasteiger partial charge >= 0.3 is 5.97 Å². The van der Waals surface area contributed by atoms with Gasteiger partial charge < -0.3 is 29.2 Å². The highest BCUT2D eigenvalue weighted by Gasteiger charge is 2.26. The molecule has 0 amide bonds. The van der Waals surface area contributed by atoms with Gasteiger partial charge in [0.1, 0.15) is 23.9 Å². The molecule has 2 aromatic carbocycles. The van der Waals surface area contributed by atoms with E-state index in [1.165, 1.54) is 44.6 Å². The molecular weight excluding hydrogens is 470 g/mol. The van der Waals surface area contributed by atoms with Gasteiger partial charge in [0.05, 0.1) is 25.7 Å². The number of aliphatic hydroxyl groups is 1. The Labute approximate surface area is 194 Å². The minimum atomic E-state index is -4.24. The fourth-order valence-corrected chi connectivity index (χ4v) is 3.66. The van der Waals surface area contributed by atoms with E-state index in [0.717, 1.165) is 0 Å². The van der Waals surface area contributed by atoms with E-state index in [1.807, 2.05) is 0 Å². The van der Waals surface area contributed by atoms with Crippen LogP contribution in [0.5, 0.6) is 28.9 Å². The Hall–Kier alpha value is -4.10. The molecule has 0 saturated heterocycles. The summed E-state index contributed by atoms with van der Waals surface area (Å²) < 4.78 is 49.5. The molecule has 0 aliphatic carbocycles. The first-order chi connectivity index (χ1) is 16.3. The Morgan fingerprint density at radius 3 is 2.29 bits per heavy atom. The third-order valence-corrected chi connectivity index (χ3v) is 5.57. The highest BCUT2D eigenvalue weighted by atomic mass is 32.2. The van der Waals surface area contributed by atoms with Crippen molar-refractivity contribution in [3.63, 3.8) is 0 Å². The van der Waals surface area contributed by atoms with Crippen molar-refractivity contribution in [2.24, 2.45) is 0 Å². The Balaban J connectivity index is 2.11. The standard InChI is InChI=1S/C21H21N3O9S/c1-30-13-6-8-16(9-7-13)34(28,29)24-18-17(33-15-5-3-4-14(12-15)31-2)20(32-11-10-25)23-19(22-18)21(26)27/h3-9,12,25H,10-11H2,1-2H3,(H,26,27)(H,22,23,24). The van der Waals surface area contributed by atoms with Crippen molar-refractivity contribution < 1.29 is 42.4 Å². The van der Waals surface area contributed by atoms with Gasteiger partial charge in [-0.3, -0.25) is 4.72 Å². The molecule has 1 heterocycles. The largest absolute Gasteiger partial charge is 0.497 e. The predicted octanol–water partition coefficient (Wildman–Crippen LogP) is 2.16. The highest BCUT2D eigenvalue weighted by molar-refractivity contribution is 7.92. The molecule has 0 unspecified atom stereocenters. The number of aromatic carboxylic acids is 1. The van der Waals surface area contributed by atoms with Crippen LogP contribution in [0.4, 0.5) is 5.82 Å². The lowest BCUT2D eigenvalue weighted by Crippen LogP contribution is -2.18. The first-order valence-electron chi connectivity index (χ1n) is 9.65. The van der Waals surface area contributed by atoms with Gasteiger partial charge in [0.25, 0.3) is 15.9 Å². The molecule has 0 bridgehead atoms. The van der Waals surface area contributed by atoms with Crippen LogP contribution in [0, 0.1) is 0 Å². The number of carbonyl (C=O) groups is 1. The molecule has 0 saturated carbocycles. The fourth-order valence-electron chi connectivity index (χ4n) is 2.65. The SMILES string of the molecule is COc1ccc(S(=O)(=O)Nc2nc(C(=O)O)nc(OCCO)c2Oc2cccc(OC)c2)cc1. The summed E-state index contributed by atoms with van der Waals surface area (Å²) >= 11 is 0. The summed E-state index contributed by atoms with van der Waals surface area (Å²) in [7, 11) is -1.35. The Bertz CT molecular complexity index is 1260. The molecule has 12 nitrogen and oxygen atoms in total. The molecule has 0 radical (unpaired) electrons. The zero-order chi connectivity index (χ0) is 24.7. The van der Waals surface area contributed by atoms with E-state index in [9.17, 15) is 18.3 Å². The number of benzene rings is 2. The van der Waals surface area contributed by atoms with Crippen LogP contribution < -0.4 is 23.7 Å². The molecule has 1 aromatic heterocycles. The van der Waals surface area contributed by atoms with E-state index in [1.54, 1.807) is 18.2 Å². The summed E-state index contributed by atoms with van der Waals surface area (Å²) in [5.41, 5.74) is 0. The van der Waals surface area contributed by atoms with Gasteiger partial charge in [-0.2, -0.15) is 9.97 Å². The molecule has 180 valence electrons. The van der Waals surface area contributed by atoms with Gasteiger partial charge in [-0.1, -0.05) is 6.07 Å². The Morgan fingerprint density at radius 1 is 1.00 bits per heavy atom. The van der Waals surface area contributed by atoms with Crippen molar-refractivity contribution in [2.75, 3.05) is 32.2 Å². The van der Waals surface area contributed by atoms with Gasteiger partial charge in [0.2, 0.25) is 11.6 Å². The lowest BCUT2D eigenvalue weighted by atomic mass is 10.3. The predicted molar refractivity (Wildman–Crippen MR) is 118 cm³/mol. The van der Waals surface area contributed by atoms with Crippen molar-refractivity contribution >= 4 is 21.8 Å². The van der Waals surface area contributed by atoms with E-state index in [0.29, 0.717) is 11.5 Å². The minimum absolute atomic E-state index is 0.144. The lowest BCUT2D eigenvalue weighted by Gasteiger charge is -2.16. The van der Waals surface area contributed by atoms with Crippen LogP contribution in [0.3, 0.4) is 0 Å². The van der Waals surface area contributed by atoms with E-state index >= 15 is 0 Å². The molecule has 3 rings (SSSR count). The number of carboxylic acid groups (broad SMARTS) is 1. The molecule has 0 fully saturated rings. The number of aromatic nitrogens is 2. The zero-order valence-electron chi connectivity index (χ0n) is 18.1. The maximum atomic E-state index is 13.0.